The first kappa shape index (κ1) is 18.2. The van der Waals surface area contributed by atoms with Crippen molar-refractivity contribution in [1.29, 1.82) is 0 Å². The fraction of sp³-hybridized carbons (Fsp3) is 0.842. The number of aromatic nitrogens is 3. The molecule has 1 aromatic rings. The van der Waals surface area contributed by atoms with E-state index in [1.165, 1.54) is 32.1 Å². The standard InChI is InChI=1S/C19H34N6/c1-13(2)16-6-5-7-17(10-16)22-19(20-4)21-11-15-8-9-18-24-23-14(3)25(18)12-15/h13,15-17H,5-12H2,1-4H3,(H2,20,21,22). The van der Waals surface area contributed by atoms with Crippen molar-refractivity contribution in [3.63, 3.8) is 0 Å². The van der Waals surface area contributed by atoms with E-state index in [0.29, 0.717) is 12.0 Å². The zero-order valence-electron chi connectivity index (χ0n) is 16.3. The van der Waals surface area contributed by atoms with Gasteiger partial charge in [-0.25, -0.2) is 0 Å². The molecule has 25 heavy (non-hydrogen) atoms. The number of aryl methyl sites for hydroxylation is 2. The van der Waals surface area contributed by atoms with Crippen LogP contribution >= 0.6 is 0 Å². The van der Waals surface area contributed by atoms with Gasteiger partial charge in [-0.3, -0.25) is 4.99 Å². The first-order valence-corrected chi connectivity index (χ1v) is 9.92. The molecular formula is C19H34N6. The minimum atomic E-state index is 0.561. The number of nitrogens with one attached hydrogen (secondary N) is 2. The second-order valence-corrected chi connectivity index (χ2v) is 8.14. The van der Waals surface area contributed by atoms with Gasteiger partial charge in [0.25, 0.3) is 0 Å². The quantitative estimate of drug-likeness (QED) is 0.649. The number of nitrogens with zero attached hydrogens (tertiary/aromatic N) is 4. The van der Waals surface area contributed by atoms with Crippen molar-refractivity contribution in [3.8, 4) is 0 Å². The van der Waals surface area contributed by atoms with Crippen molar-refractivity contribution in [1.82, 2.24) is 25.4 Å². The Hall–Kier alpha value is -1.59. The highest BCUT2D eigenvalue weighted by Gasteiger charge is 2.25. The molecule has 1 saturated carbocycles. The number of fused-ring (bicyclic) bond motifs is 1. The second kappa shape index (κ2) is 8.19. The number of rotatable bonds is 4. The van der Waals surface area contributed by atoms with E-state index in [9.17, 15) is 0 Å². The molecule has 140 valence electrons. The van der Waals surface area contributed by atoms with E-state index in [2.05, 4.69) is 44.2 Å². The second-order valence-electron chi connectivity index (χ2n) is 8.14. The van der Waals surface area contributed by atoms with Crippen LogP contribution in [0.1, 0.15) is 57.6 Å². The molecule has 2 aliphatic rings. The van der Waals surface area contributed by atoms with Crippen molar-refractivity contribution in [2.45, 2.75) is 71.9 Å². The molecule has 2 N–H and O–H groups in total. The van der Waals surface area contributed by atoms with Gasteiger partial charge in [-0.1, -0.05) is 26.7 Å². The Labute approximate surface area is 151 Å². The van der Waals surface area contributed by atoms with Crippen LogP contribution in [0.2, 0.25) is 0 Å². The summed E-state index contributed by atoms with van der Waals surface area (Å²) in [6, 6.07) is 0.561. The van der Waals surface area contributed by atoms with Crippen LogP contribution in [0.4, 0.5) is 0 Å². The maximum Gasteiger partial charge on any atom is 0.191 e. The average molecular weight is 347 g/mol. The Kier molecular flexibility index (Phi) is 5.97. The summed E-state index contributed by atoms with van der Waals surface area (Å²) < 4.78 is 2.26. The summed E-state index contributed by atoms with van der Waals surface area (Å²) in [5.74, 6) is 5.36. The van der Waals surface area contributed by atoms with Crippen molar-refractivity contribution < 1.29 is 0 Å². The van der Waals surface area contributed by atoms with Crippen molar-refractivity contribution in [3.05, 3.63) is 11.6 Å². The molecule has 0 amide bonds. The molecule has 3 rings (SSSR count). The average Bonchev–Trinajstić information content (AvgIpc) is 2.99. The van der Waals surface area contributed by atoms with Crippen LogP contribution in [0, 0.1) is 24.7 Å². The number of aliphatic imine (C=N–C) groups is 1. The fourth-order valence-electron chi connectivity index (χ4n) is 4.29. The number of hydrogen-bond acceptors (Lipinski definition) is 3. The lowest BCUT2D eigenvalue weighted by molar-refractivity contribution is 0.244. The summed E-state index contributed by atoms with van der Waals surface area (Å²) in [5, 5.41) is 15.7. The summed E-state index contributed by atoms with van der Waals surface area (Å²) >= 11 is 0. The summed E-state index contributed by atoms with van der Waals surface area (Å²) in [7, 11) is 1.88. The first-order chi connectivity index (χ1) is 12.1. The molecule has 0 radical (unpaired) electrons. The van der Waals surface area contributed by atoms with E-state index in [-0.39, 0.29) is 0 Å². The summed E-state index contributed by atoms with van der Waals surface area (Å²) in [6.07, 6.45) is 7.43. The van der Waals surface area contributed by atoms with Crippen LogP contribution < -0.4 is 10.6 Å². The normalized spacial score (nSPS) is 27.2. The Balaban J connectivity index is 1.48. The van der Waals surface area contributed by atoms with Gasteiger partial charge in [0.2, 0.25) is 0 Å². The molecule has 6 heteroatoms. The predicted molar refractivity (Wildman–Crippen MR) is 102 cm³/mol. The lowest BCUT2D eigenvalue weighted by Gasteiger charge is -2.33. The highest BCUT2D eigenvalue weighted by atomic mass is 15.3. The Bertz CT molecular complexity index is 591. The van der Waals surface area contributed by atoms with E-state index in [1.807, 2.05) is 14.0 Å². The van der Waals surface area contributed by atoms with Crippen LogP contribution in [0.15, 0.2) is 4.99 Å². The van der Waals surface area contributed by atoms with Crippen LogP contribution in [0.3, 0.4) is 0 Å². The molecule has 0 spiro atoms. The third-order valence-electron chi connectivity index (χ3n) is 6.01. The molecular weight excluding hydrogens is 312 g/mol. The minimum Gasteiger partial charge on any atom is -0.356 e. The predicted octanol–water partition coefficient (Wildman–Crippen LogP) is 2.53. The Morgan fingerprint density at radius 2 is 2.12 bits per heavy atom. The Morgan fingerprint density at radius 1 is 1.28 bits per heavy atom. The van der Waals surface area contributed by atoms with Crippen molar-refractivity contribution in [2.75, 3.05) is 13.6 Å². The van der Waals surface area contributed by atoms with E-state index >= 15 is 0 Å². The topological polar surface area (TPSA) is 67.1 Å². The fourth-order valence-corrected chi connectivity index (χ4v) is 4.29. The number of guanidine groups is 1. The highest BCUT2D eigenvalue weighted by molar-refractivity contribution is 5.79. The van der Waals surface area contributed by atoms with Gasteiger partial charge in [-0.15, -0.1) is 10.2 Å². The maximum atomic E-state index is 4.45. The lowest BCUT2D eigenvalue weighted by Crippen LogP contribution is -2.47. The third-order valence-corrected chi connectivity index (χ3v) is 6.01. The molecule has 6 nitrogen and oxygen atoms in total. The zero-order chi connectivity index (χ0) is 17.8. The monoisotopic (exact) mass is 346 g/mol. The smallest absolute Gasteiger partial charge is 0.191 e. The van der Waals surface area contributed by atoms with Crippen molar-refractivity contribution >= 4 is 5.96 Å². The molecule has 3 unspecified atom stereocenters. The van der Waals surface area contributed by atoms with Gasteiger partial charge in [0.15, 0.2) is 5.96 Å². The lowest BCUT2D eigenvalue weighted by atomic mass is 9.79. The number of hydrogen-bond donors (Lipinski definition) is 2. The van der Waals surface area contributed by atoms with Gasteiger partial charge >= 0.3 is 0 Å². The minimum absolute atomic E-state index is 0.561. The van der Waals surface area contributed by atoms with Crippen molar-refractivity contribution in [2.24, 2.45) is 22.7 Å². The summed E-state index contributed by atoms with van der Waals surface area (Å²) in [5.41, 5.74) is 0. The van der Waals surface area contributed by atoms with Gasteiger partial charge in [-0.05, 0) is 43.9 Å². The van der Waals surface area contributed by atoms with Gasteiger partial charge in [0, 0.05) is 32.6 Å². The van der Waals surface area contributed by atoms with E-state index in [1.54, 1.807) is 0 Å². The van der Waals surface area contributed by atoms with Gasteiger partial charge in [0.05, 0.1) is 0 Å². The van der Waals surface area contributed by atoms with Gasteiger partial charge in [-0.2, -0.15) is 0 Å². The molecule has 0 aromatic carbocycles. The maximum absolute atomic E-state index is 4.45. The zero-order valence-corrected chi connectivity index (χ0v) is 16.3. The van der Waals surface area contributed by atoms with Crippen LogP contribution in [-0.2, 0) is 13.0 Å². The van der Waals surface area contributed by atoms with Crippen LogP contribution in [0.25, 0.3) is 0 Å². The molecule has 1 aliphatic heterocycles. The van der Waals surface area contributed by atoms with Crippen LogP contribution in [0.5, 0.6) is 0 Å². The summed E-state index contributed by atoms with van der Waals surface area (Å²) in [6.45, 7) is 8.71. The first-order valence-electron chi connectivity index (χ1n) is 9.92. The third kappa shape index (κ3) is 4.53. The molecule has 1 aliphatic carbocycles. The van der Waals surface area contributed by atoms with E-state index in [4.69, 9.17) is 0 Å². The molecule has 0 bridgehead atoms. The van der Waals surface area contributed by atoms with Gasteiger partial charge in [0.1, 0.15) is 11.6 Å². The van der Waals surface area contributed by atoms with E-state index < -0.39 is 0 Å². The molecule has 2 heterocycles. The molecule has 1 fully saturated rings. The van der Waals surface area contributed by atoms with Gasteiger partial charge < -0.3 is 15.2 Å². The largest absolute Gasteiger partial charge is 0.356 e. The Morgan fingerprint density at radius 3 is 2.88 bits per heavy atom. The molecule has 0 saturated heterocycles. The SMILES string of the molecule is CN=C(NCC1CCc2nnc(C)n2C1)NC1CCCC(C(C)C)C1. The molecule has 3 atom stereocenters. The van der Waals surface area contributed by atoms with Crippen LogP contribution in [-0.4, -0.2) is 40.4 Å². The molecule has 1 aromatic heterocycles. The highest BCUT2D eigenvalue weighted by Crippen LogP contribution is 2.29. The summed E-state index contributed by atoms with van der Waals surface area (Å²) in [4.78, 5) is 4.45. The van der Waals surface area contributed by atoms with E-state index in [0.717, 1.165) is 49.0 Å².